The van der Waals surface area contributed by atoms with Gasteiger partial charge in [-0.25, -0.2) is 0 Å². The molecule has 1 fully saturated rings. The molecule has 1 atom stereocenters. The molecule has 1 aliphatic carbocycles. The minimum atomic E-state index is -2.45. The Hall–Kier alpha value is -2.96. The number of nitrogens with one attached hydrogen (secondary N) is 1. The van der Waals surface area contributed by atoms with Crippen LogP contribution in [0.1, 0.15) is 48.0 Å². The molecule has 1 unspecified atom stereocenters. The molecule has 0 aliphatic heterocycles. The van der Waals surface area contributed by atoms with Crippen molar-refractivity contribution in [3.8, 4) is 11.1 Å². The highest BCUT2D eigenvalue weighted by Crippen LogP contribution is 2.25. The average molecular weight is 462 g/mol. The molecule has 4 rings (SSSR count). The predicted octanol–water partition coefficient (Wildman–Crippen LogP) is 5.46. The molecule has 1 aliphatic rings. The van der Waals surface area contributed by atoms with Crippen LogP contribution < -0.4 is 9.62 Å². The van der Waals surface area contributed by atoms with Crippen LogP contribution in [0.2, 0.25) is 0 Å². The molecule has 6 heteroatoms. The Morgan fingerprint density at radius 2 is 1.61 bits per heavy atom. The summed E-state index contributed by atoms with van der Waals surface area (Å²) in [5.74, 6) is 0.451. The Morgan fingerprint density at radius 3 is 2.30 bits per heavy atom. The molecule has 1 N–H and O–H groups in total. The number of hydrogen-bond acceptors (Lipinski definition) is 3. The smallest absolute Gasteiger partial charge is 0.251 e. The highest BCUT2D eigenvalue weighted by Gasteiger charge is 2.16. The molecule has 0 aromatic heterocycles. The van der Waals surface area contributed by atoms with Crippen molar-refractivity contribution in [1.82, 2.24) is 5.32 Å². The number of nitrogens with zero attached hydrogens (tertiary/aromatic N) is 1. The lowest BCUT2D eigenvalue weighted by molar-refractivity contribution is 0.0943. The van der Waals surface area contributed by atoms with E-state index in [0.717, 1.165) is 16.7 Å². The van der Waals surface area contributed by atoms with Crippen LogP contribution in [-0.4, -0.2) is 21.2 Å². The SMILES string of the molecule is O=C(NCC1CCCCC1)c1cccc(CN(c2ccc(-c3ccccc3)cc2)S(=O)[O-])c1. The Bertz CT molecular complexity index is 1080. The molecule has 0 saturated heterocycles. The number of rotatable bonds is 8. The number of anilines is 1. The fourth-order valence-corrected chi connectivity index (χ4v) is 4.94. The van der Waals surface area contributed by atoms with E-state index < -0.39 is 11.3 Å². The van der Waals surface area contributed by atoms with Crippen molar-refractivity contribution in [3.63, 3.8) is 0 Å². The first-order valence-corrected chi connectivity index (χ1v) is 12.5. The highest BCUT2D eigenvalue weighted by atomic mass is 32.2. The van der Waals surface area contributed by atoms with Gasteiger partial charge >= 0.3 is 0 Å². The minimum Gasteiger partial charge on any atom is -0.755 e. The molecular formula is C27H29N2O3S-. The van der Waals surface area contributed by atoms with Gasteiger partial charge in [-0.2, -0.15) is 0 Å². The van der Waals surface area contributed by atoms with E-state index in [1.165, 1.54) is 36.4 Å². The van der Waals surface area contributed by atoms with Gasteiger partial charge in [0.1, 0.15) is 0 Å². The first kappa shape index (κ1) is 23.2. The number of carbonyl (C=O) groups is 1. The third-order valence-electron chi connectivity index (χ3n) is 6.23. The predicted molar refractivity (Wildman–Crippen MR) is 132 cm³/mol. The molecule has 5 nitrogen and oxygen atoms in total. The van der Waals surface area contributed by atoms with Crippen LogP contribution >= 0.6 is 0 Å². The van der Waals surface area contributed by atoms with Crippen molar-refractivity contribution in [2.75, 3.05) is 10.8 Å². The second kappa shape index (κ2) is 11.3. The first-order valence-electron chi connectivity index (χ1n) is 11.5. The quantitative estimate of drug-likeness (QED) is 0.453. The van der Waals surface area contributed by atoms with Crippen molar-refractivity contribution < 1.29 is 13.6 Å². The van der Waals surface area contributed by atoms with Crippen molar-refractivity contribution in [2.24, 2.45) is 5.92 Å². The van der Waals surface area contributed by atoms with E-state index in [2.05, 4.69) is 5.32 Å². The van der Waals surface area contributed by atoms with E-state index >= 15 is 0 Å². The average Bonchev–Trinajstić information content (AvgIpc) is 2.87. The van der Waals surface area contributed by atoms with Crippen LogP contribution in [0.5, 0.6) is 0 Å². The Kier molecular flexibility index (Phi) is 7.92. The summed E-state index contributed by atoms with van der Waals surface area (Å²) in [6.45, 7) is 0.859. The lowest BCUT2D eigenvalue weighted by atomic mass is 9.89. The summed E-state index contributed by atoms with van der Waals surface area (Å²) in [5, 5.41) is 3.05. The van der Waals surface area contributed by atoms with Crippen molar-refractivity contribution in [3.05, 3.63) is 90.0 Å². The Labute approximate surface area is 198 Å². The highest BCUT2D eigenvalue weighted by molar-refractivity contribution is 7.80. The molecule has 3 aromatic rings. The summed E-state index contributed by atoms with van der Waals surface area (Å²) in [6.07, 6.45) is 6.12. The van der Waals surface area contributed by atoms with Crippen molar-refractivity contribution in [1.29, 1.82) is 0 Å². The normalized spacial score (nSPS) is 15.1. The zero-order valence-corrected chi connectivity index (χ0v) is 19.4. The van der Waals surface area contributed by atoms with Crippen molar-refractivity contribution >= 4 is 22.9 Å². The fourth-order valence-electron chi connectivity index (χ4n) is 4.39. The number of amides is 1. The van der Waals surface area contributed by atoms with E-state index in [4.69, 9.17) is 0 Å². The van der Waals surface area contributed by atoms with E-state index in [0.29, 0.717) is 23.7 Å². The summed E-state index contributed by atoms with van der Waals surface area (Å²) >= 11 is -2.45. The molecular weight excluding hydrogens is 432 g/mol. The molecule has 3 aromatic carbocycles. The van der Waals surface area contributed by atoms with Gasteiger partial charge in [-0.3, -0.25) is 13.3 Å². The molecule has 33 heavy (non-hydrogen) atoms. The second-order valence-electron chi connectivity index (χ2n) is 8.58. The third-order valence-corrected chi connectivity index (χ3v) is 6.93. The molecule has 172 valence electrons. The summed E-state index contributed by atoms with van der Waals surface area (Å²) in [7, 11) is 0. The fraction of sp³-hybridized carbons (Fsp3) is 0.296. The lowest BCUT2D eigenvalue weighted by Gasteiger charge is -2.27. The largest absolute Gasteiger partial charge is 0.755 e. The molecule has 0 bridgehead atoms. The summed E-state index contributed by atoms with van der Waals surface area (Å²) in [5.41, 5.74) is 3.99. The van der Waals surface area contributed by atoms with E-state index in [1.807, 2.05) is 48.5 Å². The summed E-state index contributed by atoms with van der Waals surface area (Å²) < 4.78 is 25.3. The van der Waals surface area contributed by atoms with E-state index in [1.54, 1.807) is 30.3 Å². The van der Waals surface area contributed by atoms with Gasteiger partial charge in [0, 0.05) is 29.1 Å². The summed E-state index contributed by atoms with van der Waals surface area (Å²) in [4.78, 5) is 12.7. The van der Waals surface area contributed by atoms with E-state index in [-0.39, 0.29) is 12.5 Å². The topological polar surface area (TPSA) is 72.5 Å². The third kappa shape index (κ3) is 6.30. The second-order valence-corrected chi connectivity index (χ2v) is 9.46. The van der Waals surface area contributed by atoms with E-state index in [9.17, 15) is 13.6 Å². The van der Waals surface area contributed by atoms with Gasteiger partial charge in [0.2, 0.25) is 0 Å². The van der Waals surface area contributed by atoms with Crippen LogP contribution in [0.15, 0.2) is 78.9 Å². The van der Waals surface area contributed by atoms with Gasteiger partial charge < -0.3 is 9.87 Å². The van der Waals surface area contributed by atoms with Gasteiger partial charge in [0.15, 0.2) is 0 Å². The minimum absolute atomic E-state index is 0.107. The maximum absolute atomic E-state index is 12.7. The van der Waals surface area contributed by atoms with Crippen LogP contribution in [0, 0.1) is 5.92 Å². The number of hydrogen-bond donors (Lipinski definition) is 1. The molecule has 0 radical (unpaired) electrons. The van der Waals surface area contributed by atoms with Gasteiger partial charge in [-0.1, -0.05) is 73.9 Å². The molecule has 1 amide bonds. The monoisotopic (exact) mass is 461 g/mol. The van der Waals surface area contributed by atoms with Gasteiger partial charge in [-0.15, -0.1) is 0 Å². The first-order chi connectivity index (χ1) is 16.1. The molecule has 0 heterocycles. The van der Waals surface area contributed by atoms with Crippen LogP contribution in [0.4, 0.5) is 5.69 Å². The maximum atomic E-state index is 12.7. The zero-order valence-electron chi connectivity index (χ0n) is 18.6. The molecule has 1 saturated carbocycles. The standard InChI is InChI=1S/C27H30N2O3S/c30-27(28-19-21-8-3-1-4-9-21)25-13-7-10-22(18-25)20-29(33(31)32)26-16-14-24(15-17-26)23-11-5-2-6-12-23/h2,5-7,10-18,21H,1,3-4,8-9,19-20H2,(H,28,30)(H,31,32)/p-1. The van der Waals surface area contributed by atoms with Crippen molar-refractivity contribution in [2.45, 2.75) is 38.6 Å². The maximum Gasteiger partial charge on any atom is 0.251 e. The van der Waals surface area contributed by atoms with Gasteiger partial charge in [0.25, 0.3) is 5.91 Å². The van der Waals surface area contributed by atoms with Crippen LogP contribution in [0.3, 0.4) is 0 Å². The van der Waals surface area contributed by atoms with Gasteiger partial charge in [-0.05, 0) is 59.7 Å². The number of benzene rings is 3. The van der Waals surface area contributed by atoms with Crippen LogP contribution in [0.25, 0.3) is 11.1 Å². The molecule has 0 spiro atoms. The van der Waals surface area contributed by atoms with Gasteiger partial charge in [0.05, 0.1) is 6.54 Å². The lowest BCUT2D eigenvalue weighted by Crippen LogP contribution is -2.30. The zero-order chi connectivity index (χ0) is 23.0. The number of carbonyl (C=O) groups excluding carboxylic acids is 1. The summed E-state index contributed by atoms with van der Waals surface area (Å²) in [6, 6.07) is 24.6. The Morgan fingerprint density at radius 1 is 0.909 bits per heavy atom. The Balaban J connectivity index is 1.43. The van der Waals surface area contributed by atoms with Crippen LogP contribution in [-0.2, 0) is 17.8 Å².